The van der Waals surface area contributed by atoms with E-state index in [-0.39, 0.29) is 12.0 Å². The molecule has 1 N–H and O–H groups in total. The molecule has 0 bridgehead atoms. The number of fused-ring (bicyclic) bond motifs is 1. The van der Waals surface area contributed by atoms with Crippen molar-refractivity contribution in [3.8, 4) is 5.75 Å². The number of benzene rings is 1. The second kappa shape index (κ2) is 4.52. The first-order valence-electron chi connectivity index (χ1n) is 5.35. The van der Waals surface area contributed by atoms with E-state index in [1.165, 1.54) is 7.11 Å². The molecule has 0 atom stereocenters. The number of carboxylic acids is 1. The minimum atomic E-state index is -1.06. The molecule has 94 valence electrons. The van der Waals surface area contributed by atoms with Crippen molar-refractivity contribution in [2.24, 2.45) is 0 Å². The van der Waals surface area contributed by atoms with Crippen LogP contribution in [0.2, 0.25) is 0 Å². The van der Waals surface area contributed by atoms with Gasteiger partial charge in [-0.1, -0.05) is 12.1 Å². The van der Waals surface area contributed by atoms with Crippen molar-refractivity contribution in [1.29, 1.82) is 0 Å². The Kier molecular flexibility index (Phi) is 3.06. The van der Waals surface area contributed by atoms with E-state index in [0.29, 0.717) is 22.3 Å². The number of carboxylic acid groups (broad SMARTS) is 1. The summed E-state index contributed by atoms with van der Waals surface area (Å²) in [4.78, 5) is 22.5. The Labute approximate surface area is 103 Å². The number of rotatable bonds is 3. The van der Waals surface area contributed by atoms with E-state index in [0.717, 1.165) is 0 Å². The van der Waals surface area contributed by atoms with Crippen molar-refractivity contribution in [1.82, 2.24) is 0 Å². The Balaban J connectivity index is 2.79. The quantitative estimate of drug-likeness (QED) is 0.837. The Morgan fingerprint density at radius 3 is 2.78 bits per heavy atom. The first kappa shape index (κ1) is 12.2. The predicted molar refractivity (Wildman–Crippen MR) is 65.1 cm³/mol. The standard InChI is InChI=1S/C13H12O5/c1-7-8-4-3-5-10(17-2)12(8)18-13(16)9(7)6-11(14)15/h3-5H,6H2,1-2H3,(H,14,15). The summed E-state index contributed by atoms with van der Waals surface area (Å²) in [6, 6.07) is 5.21. The maximum Gasteiger partial charge on any atom is 0.340 e. The van der Waals surface area contributed by atoms with Gasteiger partial charge in [0.1, 0.15) is 0 Å². The largest absolute Gasteiger partial charge is 0.493 e. The lowest BCUT2D eigenvalue weighted by Gasteiger charge is -2.08. The van der Waals surface area contributed by atoms with E-state index in [1.807, 2.05) is 0 Å². The maximum atomic E-state index is 11.8. The highest BCUT2D eigenvalue weighted by atomic mass is 16.5. The van der Waals surface area contributed by atoms with Gasteiger partial charge in [0.15, 0.2) is 11.3 Å². The van der Waals surface area contributed by atoms with E-state index in [9.17, 15) is 9.59 Å². The topological polar surface area (TPSA) is 76.7 Å². The summed E-state index contributed by atoms with van der Waals surface area (Å²) >= 11 is 0. The predicted octanol–water partition coefficient (Wildman–Crippen LogP) is 1.74. The van der Waals surface area contributed by atoms with Gasteiger partial charge >= 0.3 is 11.6 Å². The van der Waals surface area contributed by atoms with Crippen LogP contribution in [-0.4, -0.2) is 18.2 Å². The summed E-state index contributed by atoms with van der Waals surface area (Å²) in [5.41, 5.74) is 0.495. The monoisotopic (exact) mass is 248 g/mol. The van der Waals surface area contributed by atoms with E-state index in [2.05, 4.69) is 0 Å². The van der Waals surface area contributed by atoms with Gasteiger partial charge < -0.3 is 14.3 Å². The van der Waals surface area contributed by atoms with Crippen LogP contribution in [0.5, 0.6) is 5.75 Å². The summed E-state index contributed by atoms with van der Waals surface area (Å²) in [6.45, 7) is 1.71. The molecule has 0 radical (unpaired) electrons. The molecule has 0 unspecified atom stereocenters. The van der Waals surface area contributed by atoms with E-state index < -0.39 is 11.6 Å². The fraction of sp³-hybridized carbons (Fsp3) is 0.231. The molecule has 1 aromatic carbocycles. The second-order valence-corrected chi connectivity index (χ2v) is 3.90. The number of hydrogen-bond donors (Lipinski definition) is 1. The van der Waals surface area contributed by atoms with Crippen molar-refractivity contribution in [2.75, 3.05) is 7.11 Å². The summed E-state index contributed by atoms with van der Waals surface area (Å²) in [5.74, 6) is -0.609. The third-order valence-corrected chi connectivity index (χ3v) is 2.82. The summed E-state index contributed by atoms with van der Waals surface area (Å²) < 4.78 is 10.3. The van der Waals surface area contributed by atoms with Crippen LogP contribution in [0.15, 0.2) is 27.4 Å². The van der Waals surface area contributed by atoms with Gasteiger partial charge in [0, 0.05) is 5.39 Å². The lowest BCUT2D eigenvalue weighted by Crippen LogP contribution is -2.15. The van der Waals surface area contributed by atoms with Gasteiger partial charge in [0.25, 0.3) is 0 Å². The highest BCUT2D eigenvalue weighted by Crippen LogP contribution is 2.27. The molecule has 5 heteroatoms. The van der Waals surface area contributed by atoms with Crippen molar-refractivity contribution in [3.63, 3.8) is 0 Å². The zero-order valence-corrected chi connectivity index (χ0v) is 10.0. The molecule has 1 heterocycles. The van der Waals surface area contributed by atoms with Crippen LogP contribution in [-0.2, 0) is 11.2 Å². The fourth-order valence-corrected chi connectivity index (χ4v) is 1.90. The van der Waals surface area contributed by atoms with Crippen LogP contribution in [0.3, 0.4) is 0 Å². The van der Waals surface area contributed by atoms with Gasteiger partial charge in [-0.15, -0.1) is 0 Å². The van der Waals surface area contributed by atoms with E-state index in [1.54, 1.807) is 25.1 Å². The summed E-state index contributed by atoms with van der Waals surface area (Å²) in [5, 5.41) is 9.47. The Morgan fingerprint density at radius 2 is 2.17 bits per heavy atom. The van der Waals surface area contributed by atoms with Gasteiger partial charge in [-0.2, -0.15) is 0 Å². The normalized spacial score (nSPS) is 10.6. The average Bonchev–Trinajstić information content (AvgIpc) is 2.33. The third kappa shape index (κ3) is 1.95. The van der Waals surface area contributed by atoms with Gasteiger partial charge in [-0.05, 0) is 18.6 Å². The van der Waals surface area contributed by atoms with Crippen LogP contribution in [0.4, 0.5) is 0 Å². The summed E-state index contributed by atoms with van der Waals surface area (Å²) in [7, 11) is 1.48. The zero-order chi connectivity index (χ0) is 13.3. The van der Waals surface area contributed by atoms with Crippen molar-refractivity contribution in [2.45, 2.75) is 13.3 Å². The highest BCUT2D eigenvalue weighted by Gasteiger charge is 2.16. The number of aliphatic carboxylic acids is 1. The SMILES string of the molecule is COc1cccc2c(C)c(CC(=O)O)c(=O)oc12. The second-order valence-electron chi connectivity index (χ2n) is 3.90. The Bertz CT molecular complexity index is 669. The molecule has 18 heavy (non-hydrogen) atoms. The Hall–Kier alpha value is -2.30. The average molecular weight is 248 g/mol. The van der Waals surface area contributed by atoms with Gasteiger partial charge in [-0.25, -0.2) is 4.79 Å². The number of methoxy groups -OCH3 is 1. The van der Waals surface area contributed by atoms with E-state index >= 15 is 0 Å². The molecule has 0 aliphatic rings. The molecular formula is C13H12O5. The molecule has 0 saturated heterocycles. The van der Waals surface area contributed by atoms with Crippen LogP contribution in [0, 0.1) is 6.92 Å². The zero-order valence-electron chi connectivity index (χ0n) is 10.0. The molecule has 0 fully saturated rings. The molecule has 2 aromatic rings. The van der Waals surface area contributed by atoms with Crippen LogP contribution in [0.25, 0.3) is 11.0 Å². The minimum absolute atomic E-state index is 0.170. The first-order valence-corrected chi connectivity index (χ1v) is 5.35. The third-order valence-electron chi connectivity index (χ3n) is 2.82. The fourth-order valence-electron chi connectivity index (χ4n) is 1.90. The number of para-hydroxylation sites is 1. The molecule has 1 aromatic heterocycles. The number of carbonyl (C=O) groups is 1. The van der Waals surface area contributed by atoms with Crippen LogP contribution in [0.1, 0.15) is 11.1 Å². The molecular weight excluding hydrogens is 236 g/mol. The van der Waals surface area contributed by atoms with Crippen molar-refractivity contribution in [3.05, 3.63) is 39.7 Å². The summed E-state index contributed by atoms with van der Waals surface area (Å²) in [6.07, 6.45) is -0.346. The molecule has 0 aliphatic carbocycles. The molecule has 0 aliphatic heterocycles. The van der Waals surface area contributed by atoms with Gasteiger partial charge in [-0.3, -0.25) is 4.79 Å². The lowest BCUT2D eigenvalue weighted by atomic mass is 10.0. The van der Waals surface area contributed by atoms with Crippen molar-refractivity contribution < 1.29 is 19.1 Å². The van der Waals surface area contributed by atoms with Gasteiger partial charge in [0.05, 0.1) is 19.1 Å². The highest BCUT2D eigenvalue weighted by molar-refractivity contribution is 5.87. The smallest absolute Gasteiger partial charge is 0.340 e. The minimum Gasteiger partial charge on any atom is -0.493 e. The number of ether oxygens (including phenoxy) is 1. The molecule has 5 nitrogen and oxygen atoms in total. The molecule has 2 rings (SSSR count). The molecule has 0 spiro atoms. The molecule has 0 saturated carbocycles. The Morgan fingerprint density at radius 1 is 1.44 bits per heavy atom. The molecule has 0 amide bonds. The number of hydrogen-bond acceptors (Lipinski definition) is 4. The van der Waals surface area contributed by atoms with Crippen LogP contribution < -0.4 is 10.4 Å². The maximum absolute atomic E-state index is 11.8. The van der Waals surface area contributed by atoms with Gasteiger partial charge in [0.2, 0.25) is 0 Å². The van der Waals surface area contributed by atoms with Crippen molar-refractivity contribution >= 4 is 16.9 Å². The van der Waals surface area contributed by atoms with Crippen LogP contribution >= 0.6 is 0 Å². The first-order chi connectivity index (χ1) is 8.54. The van der Waals surface area contributed by atoms with E-state index in [4.69, 9.17) is 14.3 Å². The number of aryl methyl sites for hydroxylation is 1. The lowest BCUT2D eigenvalue weighted by molar-refractivity contribution is -0.136.